The Morgan fingerprint density at radius 1 is 0.811 bits per heavy atom. The molecule has 0 bridgehead atoms. The zero-order valence-electron chi connectivity index (χ0n) is 17.9. The van der Waals surface area contributed by atoms with Crippen molar-refractivity contribution in [1.29, 1.82) is 0 Å². The summed E-state index contributed by atoms with van der Waals surface area (Å²) in [7, 11) is -17.8. The lowest BCUT2D eigenvalue weighted by Crippen LogP contribution is -2.62. The van der Waals surface area contributed by atoms with Crippen molar-refractivity contribution in [2.45, 2.75) is 55.2 Å². The van der Waals surface area contributed by atoms with Gasteiger partial charge in [-0.3, -0.25) is 0 Å². The van der Waals surface area contributed by atoms with Gasteiger partial charge in [-0.25, -0.2) is 4.68 Å². The molecule has 9 atom stereocenters. The Hall–Kier alpha value is -0.770. The highest BCUT2D eigenvalue weighted by Gasteiger charge is 2.53. The van der Waals surface area contributed by atoms with Gasteiger partial charge in [0.1, 0.15) is 42.7 Å². The van der Waals surface area contributed by atoms with E-state index in [1.54, 1.807) is 0 Å². The topological polar surface area (TPSA) is 336 Å². The van der Waals surface area contributed by atoms with Gasteiger partial charge in [0.2, 0.25) is 0 Å². The fourth-order valence-electron chi connectivity index (χ4n) is 3.70. The second kappa shape index (κ2) is 11.8. The summed E-state index contributed by atoms with van der Waals surface area (Å²) in [6.07, 6.45) is -16.2. The van der Waals surface area contributed by atoms with Crippen LogP contribution in [0.25, 0.3) is 0 Å². The van der Waals surface area contributed by atoms with Gasteiger partial charge in [0.05, 0.1) is 42.9 Å². The minimum absolute atomic E-state index is 0.877. The van der Waals surface area contributed by atoms with Crippen LogP contribution >= 0.6 is 23.5 Å². The Morgan fingerprint density at radius 2 is 1.32 bits per heavy atom. The van der Waals surface area contributed by atoms with Crippen LogP contribution < -0.4 is 29.4 Å². The van der Waals surface area contributed by atoms with Crippen LogP contribution in [0.2, 0.25) is 0 Å². The highest BCUT2D eigenvalue weighted by atomic mass is 31.2. The van der Waals surface area contributed by atoms with E-state index in [4.69, 9.17) is 14.2 Å². The first-order valence-corrected chi connectivity index (χ1v) is 14.2. The third-order valence-electron chi connectivity index (χ3n) is 5.01. The van der Waals surface area contributed by atoms with E-state index in [9.17, 15) is 58.4 Å². The molecule has 0 amide bonds. The number of hydrogen-bond donors (Lipinski definition) is 3. The van der Waals surface area contributed by atoms with Gasteiger partial charge in [-0.2, -0.15) is 0 Å². The van der Waals surface area contributed by atoms with Crippen LogP contribution in [0.4, 0.5) is 0 Å². The highest BCUT2D eigenvalue weighted by Crippen LogP contribution is 2.44. The Labute approximate surface area is 206 Å². The molecule has 0 aliphatic carbocycles. The van der Waals surface area contributed by atoms with Crippen molar-refractivity contribution in [2.24, 2.45) is 0 Å². The van der Waals surface area contributed by atoms with Gasteiger partial charge in [-0.05, 0) is 0 Å². The predicted molar refractivity (Wildman–Crippen MR) is 95.1 cm³/mol. The second-order valence-corrected chi connectivity index (χ2v) is 10.8. The summed E-state index contributed by atoms with van der Waals surface area (Å²) in [5.74, 6) is 0. The molecule has 2 aliphatic rings. The summed E-state index contributed by atoms with van der Waals surface area (Å²) < 4.78 is 63.3. The van der Waals surface area contributed by atoms with Crippen molar-refractivity contribution in [2.75, 3.05) is 13.2 Å². The molecule has 214 valence electrons. The summed E-state index contributed by atoms with van der Waals surface area (Å²) in [6.45, 7) is -2.15. The van der Waals surface area contributed by atoms with E-state index in [2.05, 4.69) is 23.9 Å². The Morgan fingerprint density at radius 3 is 1.81 bits per heavy atom. The summed E-state index contributed by atoms with van der Waals surface area (Å²) in [6, 6.07) is 0. The molecular formula is C13H18N3O18P3-6. The number of nitrogens with zero attached hydrogens (tertiary/aromatic N) is 3. The van der Waals surface area contributed by atoms with E-state index in [1.165, 1.54) is 0 Å². The molecule has 0 unspecified atom stereocenters. The lowest BCUT2D eigenvalue weighted by Gasteiger charge is -2.49. The molecule has 21 nitrogen and oxygen atoms in total. The molecule has 2 fully saturated rings. The first-order chi connectivity index (χ1) is 17.0. The Kier molecular flexibility index (Phi) is 9.78. The molecule has 2 saturated heterocycles. The standard InChI is InChI=1S/C13H24N3O18P3/c17-3-5-8(11(34-37(26,27)28)12(29-5)16-2-1-14-15-16)31-13-7(19)10(33-36(23,24)25)9(6(4-18)30-13)32-35(20,21)22/h1-2,5-13,17-19H,3-4H2,(H2,20,21,22)(H2,23,24,25)(H2,26,27,28)/p-6/t5-,6-,7-,8-,9-,10-,11-,12-,13-/m1/s1. The average Bonchev–Trinajstić information content (AvgIpc) is 3.38. The van der Waals surface area contributed by atoms with E-state index < -0.39 is 91.9 Å². The molecule has 2 aliphatic heterocycles. The molecule has 1 aromatic heterocycles. The van der Waals surface area contributed by atoms with Crippen molar-refractivity contribution >= 4 is 23.5 Å². The molecule has 3 N–H and O–H groups in total. The fourth-order valence-corrected chi connectivity index (χ4v) is 5.32. The maximum atomic E-state index is 11.4. The largest absolute Gasteiger partial charge is 0.790 e. The van der Waals surface area contributed by atoms with Gasteiger partial charge in [0.25, 0.3) is 0 Å². The molecule has 24 heteroatoms. The van der Waals surface area contributed by atoms with Crippen molar-refractivity contribution in [3.63, 3.8) is 0 Å². The number of hydrogen-bond acceptors (Lipinski definition) is 20. The maximum absolute atomic E-state index is 11.4. The number of ether oxygens (including phenoxy) is 3. The molecule has 3 rings (SSSR count). The van der Waals surface area contributed by atoms with E-state index in [1.807, 2.05) is 0 Å². The Balaban J connectivity index is 1.94. The highest BCUT2D eigenvalue weighted by molar-refractivity contribution is 7.43. The van der Waals surface area contributed by atoms with Gasteiger partial charge in [-0.15, -0.1) is 5.10 Å². The predicted octanol–water partition coefficient (Wildman–Crippen LogP) is -7.73. The quantitative estimate of drug-likeness (QED) is 0.199. The molecular weight excluding hydrogens is 579 g/mol. The van der Waals surface area contributed by atoms with E-state index in [0.29, 0.717) is 0 Å². The second-order valence-electron chi connectivity index (χ2n) is 7.50. The van der Waals surface area contributed by atoms with Gasteiger partial charge >= 0.3 is 0 Å². The van der Waals surface area contributed by atoms with E-state index in [-0.39, 0.29) is 0 Å². The summed E-state index contributed by atoms with van der Waals surface area (Å²) >= 11 is 0. The van der Waals surface area contributed by atoms with Crippen LogP contribution in [0, 0.1) is 0 Å². The van der Waals surface area contributed by atoms with Crippen LogP contribution in [-0.4, -0.2) is 92.5 Å². The first-order valence-electron chi connectivity index (χ1n) is 9.86. The maximum Gasteiger partial charge on any atom is 0.187 e. The molecule has 0 saturated carbocycles. The molecule has 0 spiro atoms. The van der Waals surface area contributed by atoms with E-state index in [0.717, 1.165) is 17.1 Å². The molecule has 3 heterocycles. The number of phosphoric acid groups is 3. The van der Waals surface area contributed by atoms with Crippen molar-refractivity contribution in [3.05, 3.63) is 12.4 Å². The van der Waals surface area contributed by atoms with Crippen molar-refractivity contribution < 1.29 is 86.2 Å². The SMILES string of the molecule is O=P([O-])([O-])O[C@@H]1[C@@H](O)[C@@H](O[C@H]2[C@@H](OP(=O)([O-])[O-])[C@H](n3ccnn3)O[C@@H]2CO)O[C@H](CO)[C@H]1OP(=O)([O-])[O-]. The lowest BCUT2D eigenvalue weighted by molar-refractivity contribution is -0.379. The van der Waals surface area contributed by atoms with Crippen LogP contribution in [0.1, 0.15) is 6.23 Å². The van der Waals surface area contributed by atoms with Gasteiger partial charge in [-0.1, -0.05) is 5.21 Å². The molecule has 0 radical (unpaired) electrons. The fraction of sp³-hybridized carbons (Fsp3) is 0.846. The third-order valence-corrected chi connectivity index (χ3v) is 6.51. The zero-order chi connectivity index (χ0) is 27.8. The summed E-state index contributed by atoms with van der Waals surface area (Å²) in [4.78, 5) is 67.4. The minimum atomic E-state index is -6.03. The van der Waals surface area contributed by atoms with Gasteiger partial charge in [0.15, 0.2) is 12.5 Å². The van der Waals surface area contributed by atoms with Crippen LogP contribution in [-0.2, 0) is 41.5 Å². The van der Waals surface area contributed by atoms with Crippen LogP contribution in [0.5, 0.6) is 0 Å². The van der Waals surface area contributed by atoms with E-state index >= 15 is 0 Å². The third kappa shape index (κ3) is 8.12. The van der Waals surface area contributed by atoms with Crippen LogP contribution in [0.3, 0.4) is 0 Å². The first kappa shape index (κ1) is 30.8. The number of aromatic nitrogens is 3. The van der Waals surface area contributed by atoms with Gasteiger partial charge in [0, 0.05) is 6.20 Å². The molecule has 1 aromatic rings. The average molecular weight is 597 g/mol. The smallest absolute Gasteiger partial charge is 0.187 e. The number of aliphatic hydroxyl groups is 3. The zero-order valence-corrected chi connectivity index (χ0v) is 20.6. The minimum Gasteiger partial charge on any atom is -0.790 e. The number of phosphoric ester groups is 3. The number of rotatable bonds is 11. The van der Waals surface area contributed by atoms with Crippen molar-refractivity contribution in [1.82, 2.24) is 15.0 Å². The summed E-state index contributed by atoms with van der Waals surface area (Å²) in [5.41, 5.74) is 0. The number of aliphatic hydroxyl groups excluding tert-OH is 3. The molecule has 0 aromatic carbocycles. The molecule has 37 heavy (non-hydrogen) atoms. The Bertz CT molecular complexity index is 1030. The normalized spacial score (nSPS) is 35.6. The monoisotopic (exact) mass is 597 g/mol. The van der Waals surface area contributed by atoms with Gasteiger partial charge < -0.3 is 86.2 Å². The van der Waals surface area contributed by atoms with Crippen LogP contribution in [0.15, 0.2) is 12.4 Å². The lowest BCUT2D eigenvalue weighted by atomic mass is 9.99. The summed E-state index contributed by atoms with van der Waals surface area (Å²) in [5, 5.41) is 36.9. The van der Waals surface area contributed by atoms with Crippen molar-refractivity contribution in [3.8, 4) is 0 Å².